The van der Waals surface area contributed by atoms with Crippen molar-refractivity contribution in [2.75, 3.05) is 19.8 Å². The number of hydrogen-bond acceptors (Lipinski definition) is 3. The fraction of sp³-hybridized carbons (Fsp3) is 1.00. The second kappa shape index (κ2) is 6.35. The van der Waals surface area contributed by atoms with E-state index in [1.54, 1.807) is 0 Å². The van der Waals surface area contributed by atoms with Gasteiger partial charge in [-0.2, -0.15) is 0 Å². The Bertz CT molecular complexity index is 117. The molecule has 13 heavy (non-hydrogen) atoms. The second-order valence-electron chi connectivity index (χ2n) is 4.10. The molecular weight excluding hydrogens is 166 g/mol. The lowest BCUT2D eigenvalue weighted by Crippen LogP contribution is -2.27. The molecule has 1 unspecified atom stereocenters. The Kier molecular flexibility index (Phi) is 6.29. The lowest BCUT2D eigenvalue weighted by molar-refractivity contribution is -0.0503. The topological polar surface area (TPSA) is 44.5 Å². The van der Waals surface area contributed by atoms with Crippen LogP contribution in [0.1, 0.15) is 34.1 Å². The quantitative estimate of drug-likeness (QED) is 0.645. The Morgan fingerprint density at radius 2 is 1.85 bits per heavy atom. The smallest absolute Gasteiger partial charge is 0.0707 e. The maximum absolute atomic E-state index is 5.50. The Morgan fingerprint density at radius 1 is 1.23 bits per heavy atom. The molecule has 0 aliphatic carbocycles. The summed E-state index contributed by atoms with van der Waals surface area (Å²) in [4.78, 5) is 0. The third-order valence-corrected chi connectivity index (χ3v) is 1.69. The molecule has 0 spiro atoms. The lowest BCUT2D eigenvalue weighted by atomic mass is 10.2. The van der Waals surface area contributed by atoms with Gasteiger partial charge in [-0.15, -0.1) is 0 Å². The normalized spacial score (nSPS) is 14.5. The molecule has 2 N–H and O–H groups in total. The van der Waals surface area contributed by atoms with E-state index in [1.807, 2.05) is 20.8 Å². The monoisotopic (exact) mass is 189 g/mol. The highest BCUT2D eigenvalue weighted by Gasteiger charge is 2.10. The van der Waals surface area contributed by atoms with Crippen molar-refractivity contribution in [3.05, 3.63) is 0 Å². The number of nitrogens with two attached hydrogens (primary N) is 1. The Morgan fingerprint density at radius 3 is 2.23 bits per heavy atom. The third-order valence-electron chi connectivity index (χ3n) is 1.69. The molecule has 80 valence electrons. The molecule has 0 amide bonds. The number of rotatable bonds is 6. The maximum atomic E-state index is 5.50. The summed E-state index contributed by atoms with van der Waals surface area (Å²) in [7, 11) is 0. The molecule has 0 bridgehead atoms. The van der Waals surface area contributed by atoms with Gasteiger partial charge in [0.25, 0.3) is 0 Å². The molecule has 3 nitrogen and oxygen atoms in total. The minimum atomic E-state index is -0.0756. The first-order valence-electron chi connectivity index (χ1n) is 4.95. The molecular formula is C10H23NO2. The zero-order valence-electron chi connectivity index (χ0n) is 9.30. The van der Waals surface area contributed by atoms with Gasteiger partial charge in [0.15, 0.2) is 0 Å². The predicted molar refractivity (Wildman–Crippen MR) is 54.8 cm³/mol. The second-order valence-corrected chi connectivity index (χ2v) is 4.10. The van der Waals surface area contributed by atoms with Crippen molar-refractivity contribution in [3.8, 4) is 0 Å². The standard InChI is InChI=1S/C10H23NO2/c1-5-9(8-11)12-6-7-13-10(2,3)4/h9H,5-8,11H2,1-4H3. The number of ether oxygens (including phenoxy) is 2. The Hall–Kier alpha value is -0.120. The van der Waals surface area contributed by atoms with Crippen molar-refractivity contribution < 1.29 is 9.47 Å². The summed E-state index contributed by atoms with van der Waals surface area (Å²) in [6.07, 6.45) is 1.15. The van der Waals surface area contributed by atoms with Gasteiger partial charge in [-0.1, -0.05) is 6.92 Å². The molecule has 0 aromatic carbocycles. The fourth-order valence-corrected chi connectivity index (χ4v) is 0.915. The van der Waals surface area contributed by atoms with Crippen LogP contribution in [0.3, 0.4) is 0 Å². The minimum absolute atomic E-state index is 0.0756. The van der Waals surface area contributed by atoms with Gasteiger partial charge >= 0.3 is 0 Å². The molecule has 0 aliphatic rings. The Labute approximate surface area is 81.6 Å². The zero-order valence-corrected chi connectivity index (χ0v) is 9.30. The van der Waals surface area contributed by atoms with Crippen molar-refractivity contribution in [1.82, 2.24) is 0 Å². The summed E-state index contributed by atoms with van der Waals surface area (Å²) in [6.45, 7) is 10.0. The van der Waals surface area contributed by atoms with Crippen LogP contribution in [0.15, 0.2) is 0 Å². The third kappa shape index (κ3) is 8.22. The number of hydrogen-bond donors (Lipinski definition) is 1. The largest absolute Gasteiger partial charge is 0.375 e. The predicted octanol–water partition coefficient (Wildman–Crippen LogP) is 1.56. The molecule has 0 aromatic heterocycles. The molecule has 1 atom stereocenters. The summed E-state index contributed by atoms with van der Waals surface area (Å²) in [5.74, 6) is 0. The van der Waals surface area contributed by atoms with Gasteiger partial charge in [-0.05, 0) is 27.2 Å². The summed E-state index contributed by atoms with van der Waals surface area (Å²) in [6, 6.07) is 0. The fourth-order valence-electron chi connectivity index (χ4n) is 0.915. The van der Waals surface area contributed by atoms with Crippen molar-refractivity contribution in [1.29, 1.82) is 0 Å². The van der Waals surface area contributed by atoms with Crippen molar-refractivity contribution in [3.63, 3.8) is 0 Å². The molecule has 0 radical (unpaired) electrons. The zero-order chi connectivity index (χ0) is 10.3. The van der Waals surface area contributed by atoms with E-state index in [4.69, 9.17) is 15.2 Å². The van der Waals surface area contributed by atoms with Crippen LogP contribution in [0.2, 0.25) is 0 Å². The van der Waals surface area contributed by atoms with E-state index < -0.39 is 0 Å². The van der Waals surface area contributed by atoms with Crippen molar-refractivity contribution in [2.45, 2.75) is 45.8 Å². The van der Waals surface area contributed by atoms with E-state index >= 15 is 0 Å². The van der Waals surface area contributed by atoms with E-state index in [-0.39, 0.29) is 11.7 Å². The maximum Gasteiger partial charge on any atom is 0.0707 e. The molecule has 0 heterocycles. The van der Waals surface area contributed by atoms with E-state index in [9.17, 15) is 0 Å². The molecule has 0 rings (SSSR count). The SMILES string of the molecule is CCC(CN)OCCOC(C)(C)C. The Balaban J connectivity index is 3.34. The van der Waals surface area contributed by atoms with Crippen molar-refractivity contribution in [2.24, 2.45) is 5.73 Å². The first-order chi connectivity index (χ1) is 5.99. The van der Waals surface area contributed by atoms with E-state index in [0.29, 0.717) is 19.8 Å². The average Bonchev–Trinajstić information content (AvgIpc) is 2.03. The van der Waals surface area contributed by atoms with Gasteiger partial charge in [0.05, 0.1) is 24.9 Å². The van der Waals surface area contributed by atoms with Crippen LogP contribution in [0.5, 0.6) is 0 Å². The lowest BCUT2D eigenvalue weighted by Gasteiger charge is -2.20. The average molecular weight is 189 g/mol. The highest BCUT2D eigenvalue weighted by atomic mass is 16.5. The summed E-state index contributed by atoms with van der Waals surface area (Å²) < 4.78 is 11.0. The van der Waals surface area contributed by atoms with E-state index in [1.165, 1.54) is 0 Å². The first-order valence-corrected chi connectivity index (χ1v) is 4.95. The van der Waals surface area contributed by atoms with Gasteiger partial charge in [0, 0.05) is 6.54 Å². The van der Waals surface area contributed by atoms with Crippen LogP contribution < -0.4 is 5.73 Å². The van der Waals surface area contributed by atoms with Crippen LogP contribution in [-0.2, 0) is 9.47 Å². The van der Waals surface area contributed by atoms with Crippen LogP contribution >= 0.6 is 0 Å². The highest BCUT2D eigenvalue weighted by molar-refractivity contribution is 4.59. The summed E-state index contributed by atoms with van der Waals surface area (Å²) in [5, 5.41) is 0. The van der Waals surface area contributed by atoms with E-state index in [2.05, 4.69) is 6.92 Å². The van der Waals surface area contributed by atoms with Crippen LogP contribution in [-0.4, -0.2) is 31.5 Å². The van der Waals surface area contributed by atoms with Crippen LogP contribution in [0, 0.1) is 0 Å². The molecule has 0 fully saturated rings. The van der Waals surface area contributed by atoms with Gasteiger partial charge in [-0.3, -0.25) is 0 Å². The molecule has 0 aromatic rings. The molecule has 0 saturated heterocycles. The summed E-state index contributed by atoms with van der Waals surface area (Å²) in [5.41, 5.74) is 5.41. The van der Waals surface area contributed by atoms with Crippen LogP contribution in [0.4, 0.5) is 0 Å². The molecule has 0 aliphatic heterocycles. The minimum Gasteiger partial charge on any atom is -0.375 e. The molecule has 0 saturated carbocycles. The molecule has 3 heteroatoms. The van der Waals surface area contributed by atoms with Gasteiger partial charge < -0.3 is 15.2 Å². The van der Waals surface area contributed by atoms with Crippen LogP contribution in [0.25, 0.3) is 0 Å². The van der Waals surface area contributed by atoms with Gasteiger partial charge in [0.1, 0.15) is 0 Å². The first kappa shape index (κ1) is 12.9. The van der Waals surface area contributed by atoms with Gasteiger partial charge in [-0.25, -0.2) is 0 Å². The highest BCUT2D eigenvalue weighted by Crippen LogP contribution is 2.06. The van der Waals surface area contributed by atoms with E-state index in [0.717, 1.165) is 6.42 Å². The van der Waals surface area contributed by atoms with Crippen molar-refractivity contribution >= 4 is 0 Å². The van der Waals surface area contributed by atoms with Gasteiger partial charge in [0.2, 0.25) is 0 Å². The summed E-state index contributed by atoms with van der Waals surface area (Å²) >= 11 is 0.